The Kier molecular flexibility index (Phi) is 7.05. The van der Waals surface area contributed by atoms with Gasteiger partial charge in [0.1, 0.15) is 0 Å². The number of carbonyl (C=O) groups is 1. The molecule has 0 aliphatic carbocycles. The van der Waals surface area contributed by atoms with Crippen molar-refractivity contribution in [2.75, 3.05) is 26.7 Å². The molecule has 0 aromatic rings. The maximum Gasteiger partial charge on any atom is 0.222 e. The number of ether oxygens (including phenoxy) is 1. The molecule has 17 heavy (non-hydrogen) atoms. The first-order chi connectivity index (χ1) is 7.44. The fourth-order valence-electron chi connectivity index (χ4n) is 2.22. The molecular formula is C12H25ClN2O2. The SMILES string of the molecule is CNCCCC(=O)N1CC(C)OC(C)(C)C1.Cl. The lowest BCUT2D eigenvalue weighted by molar-refractivity contribution is -0.158. The zero-order valence-corrected chi connectivity index (χ0v) is 12.1. The summed E-state index contributed by atoms with van der Waals surface area (Å²) in [7, 11) is 1.91. The summed E-state index contributed by atoms with van der Waals surface area (Å²) in [6, 6.07) is 0. The molecule has 1 aliphatic heterocycles. The highest BCUT2D eigenvalue weighted by Gasteiger charge is 2.33. The molecule has 4 nitrogen and oxygen atoms in total. The Morgan fingerprint density at radius 1 is 1.53 bits per heavy atom. The third kappa shape index (κ3) is 5.70. The maximum absolute atomic E-state index is 11.9. The van der Waals surface area contributed by atoms with Gasteiger partial charge >= 0.3 is 0 Å². The molecule has 1 N–H and O–H groups in total. The third-order valence-corrected chi connectivity index (χ3v) is 2.74. The maximum atomic E-state index is 11.9. The van der Waals surface area contributed by atoms with E-state index < -0.39 is 0 Å². The van der Waals surface area contributed by atoms with Gasteiger partial charge in [0.25, 0.3) is 0 Å². The van der Waals surface area contributed by atoms with Gasteiger partial charge in [0.15, 0.2) is 0 Å². The number of nitrogens with zero attached hydrogens (tertiary/aromatic N) is 1. The van der Waals surface area contributed by atoms with Crippen molar-refractivity contribution in [3.63, 3.8) is 0 Å². The van der Waals surface area contributed by atoms with E-state index in [1.54, 1.807) is 0 Å². The van der Waals surface area contributed by atoms with E-state index >= 15 is 0 Å². The van der Waals surface area contributed by atoms with E-state index in [1.165, 1.54) is 0 Å². The Balaban J connectivity index is 0.00000256. The van der Waals surface area contributed by atoms with Crippen LogP contribution in [0.2, 0.25) is 0 Å². The van der Waals surface area contributed by atoms with Crippen molar-refractivity contribution in [3.05, 3.63) is 0 Å². The van der Waals surface area contributed by atoms with Crippen LogP contribution in [-0.4, -0.2) is 49.2 Å². The lowest BCUT2D eigenvalue weighted by Gasteiger charge is -2.41. The Bertz CT molecular complexity index is 247. The summed E-state index contributed by atoms with van der Waals surface area (Å²) in [5.74, 6) is 0.249. The number of hydrogen-bond donors (Lipinski definition) is 1. The van der Waals surface area contributed by atoms with Gasteiger partial charge in [0, 0.05) is 19.5 Å². The molecule has 0 spiro atoms. The Morgan fingerprint density at radius 3 is 2.71 bits per heavy atom. The van der Waals surface area contributed by atoms with Gasteiger partial charge in [-0.3, -0.25) is 4.79 Å². The molecule has 1 amide bonds. The molecule has 0 aromatic heterocycles. The number of hydrogen-bond acceptors (Lipinski definition) is 3. The number of nitrogens with one attached hydrogen (secondary N) is 1. The largest absolute Gasteiger partial charge is 0.369 e. The van der Waals surface area contributed by atoms with Gasteiger partial charge in [-0.25, -0.2) is 0 Å². The second-order valence-electron chi connectivity index (χ2n) is 5.17. The molecule has 1 unspecified atom stereocenters. The molecule has 1 saturated heterocycles. The highest BCUT2D eigenvalue weighted by Crippen LogP contribution is 2.21. The van der Waals surface area contributed by atoms with E-state index in [0.717, 1.165) is 19.5 Å². The molecule has 1 atom stereocenters. The monoisotopic (exact) mass is 264 g/mol. The van der Waals surface area contributed by atoms with Gasteiger partial charge in [0.2, 0.25) is 5.91 Å². The van der Waals surface area contributed by atoms with E-state index in [0.29, 0.717) is 13.0 Å². The van der Waals surface area contributed by atoms with Crippen LogP contribution in [0.15, 0.2) is 0 Å². The summed E-state index contributed by atoms with van der Waals surface area (Å²) in [5.41, 5.74) is -0.212. The first-order valence-corrected chi connectivity index (χ1v) is 6.05. The summed E-state index contributed by atoms with van der Waals surface area (Å²) in [4.78, 5) is 13.9. The molecular weight excluding hydrogens is 240 g/mol. The smallest absolute Gasteiger partial charge is 0.222 e. The minimum atomic E-state index is -0.212. The first-order valence-electron chi connectivity index (χ1n) is 6.05. The summed E-state index contributed by atoms with van der Waals surface area (Å²) in [5, 5.41) is 3.06. The lowest BCUT2D eigenvalue weighted by Crippen LogP contribution is -2.53. The average molecular weight is 265 g/mol. The van der Waals surface area contributed by atoms with Crippen molar-refractivity contribution < 1.29 is 9.53 Å². The number of rotatable bonds is 4. The van der Waals surface area contributed by atoms with Gasteiger partial charge in [-0.1, -0.05) is 0 Å². The molecule has 5 heteroatoms. The second kappa shape index (κ2) is 7.19. The summed E-state index contributed by atoms with van der Waals surface area (Å²) >= 11 is 0. The van der Waals surface area contributed by atoms with Crippen molar-refractivity contribution in [3.8, 4) is 0 Å². The van der Waals surface area contributed by atoms with E-state index in [4.69, 9.17) is 4.74 Å². The van der Waals surface area contributed by atoms with Crippen LogP contribution in [0.1, 0.15) is 33.6 Å². The molecule has 0 bridgehead atoms. The molecule has 1 heterocycles. The average Bonchev–Trinajstić information content (AvgIpc) is 2.14. The van der Waals surface area contributed by atoms with Crippen LogP contribution in [0.5, 0.6) is 0 Å². The van der Waals surface area contributed by atoms with Crippen LogP contribution in [0.4, 0.5) is 0 Å². The van der Waals surface area contributed by atoms with Crippen LogP contribution in [0.3, 0.4) is 0 Å². The van der Waals surface area contributed by atoms with Gasteiger partial charge < -0.3 is 15.0 Å². The molecule has 1 aliphatic rings. The van der Waals surface area contributed by atoms with Gasteiger partial charge in [-0.15, -0.1) is 12.4 Å². The van der Waals surface area contributed by atoms with Gasteiger partial charge in [0.05, 0.1) is 11.7 Å². The molecule has 0 radical (unpaired) electrons. The summed E-state index contributed by atoms with van der Waals surface area (Å²) in [6.07, 6.45) is 1.67. The van der Waals surface area contributed by atoms with E-state index in [9.17, 15) is 4.79 Å². The van der Waals surface area contributed by atoms with Crippen LogP contribution in [0.25, 0.3) is 0 Å². The lowest BCUT2D eigenvalue weighted by atomic mass is 10.0. The quantitative estimate of drug-likeness (QED) is 0.782. The third-order valence-electron chi connectivity index (χ3n) is 2.74. The first kappa shape index (κ1) is 16.7. The molecule has 1 rings (SSSR count). The van der Waals surface area contributed by atoms with E-state index in [2.05, 4.69) is 5.32 Å². The molecule has 1 fully saturated rings. The zero-order valence-electron chi connectivity index (χ0n) is 11.3. The van der Waals surface area contributed by atoms with Gasteiger partial charge in [-0.05, 0) is 40.8 Å². The predicted molar refractivity (Wildman–Crippen MR) is 71.6 cm³/mol. The normalized spacial score (nSPS) is 23.1. The number of amides is 1. The Labute approximate surface area is 110 Å². The minimum absolute atomic E-state index is 0. The number of carbonyl (C=O) groups excluding carboxylic acids is 1. The van der Waals surface area contributed by atoms with Crippen molar-refractivity contribution in [1.29, 1.82) is 0 Å². The van der Waals surface area contributed by atoms with Crippen LogP contribution >= 0.6 is 12.4 Å². The second-order valence-corrected chi connectivity index (χ2v) is 5.17. The van der Waals surface area contributed by atoms with E-state index in [-0.39, 0.29) is 30.0 Å². The number of morpholine rings is 1. The Morgan fingerprint density at radius 2 is 2.18 bits per heavy atom. The summed E-state index contributed by atoms with van der Waals surface area (Å²) in [6.45, 7) is 8.43. The minimum Gasteiger partial charge on any atom is -0.369 e. The standard InChI is InChI=1S/C12H24N2O2.ClH/c1-10-8-14(9-12(2,3)16-10)11(15)6-5-7-13-4;/h10,13H,5-9H2,1-4H3;1H. The summed E-state index contributed by atoms with van der Waals surface area (Å²) < 4.78 is 5.77. The van der Waals surface area contributed by atoms with Gasteiger partial charge in [-0.2, -0.15) is 0 Å². The van der Waals surface area contributed by atoms with Crippen LogP contribution in [-0.2, 0) is 9.53 Å². The van der Waals surface area contributed by atoms with Crippen LogP contribution < -0.4 is 5.32 Å². The van der Waals surface area contributed by atoms with Crippen LogP contribution in [0, 0.1) is 0 Å². The number of halogens is 1. The topological polar surface area (TPSA) is 41.6 Å². The highest BCUT2D eigenvalue weighted by atomic mass is 35.5. The van der Waals surface area contributed by atoms with Crippen molar-refractivity contribution in [2.24, 2.45) is 0 Å². The fraction of sp³-hybridized carbons (Fsp3) is 0.917. The predicted octanol–water partition coefficient (Wildman–Crippen LogP) is 1.43. The van der Waals surface area contributed by atoms with Crippen molar-refractivity contribution >= 4 is 18.3 Å². The van der Waals surface area contributed by atoms with Crippen molar-refractivity contribution in [2.45, 2.75) is 45.3 Å². The zero-order chi connectivity index (χ0) is 12.2. The molecule has 0 saturated carbocycles. The fourth-order valence-corrected chi connectivity index (χ4v) is 2.22. The Hall–Kier alpha value is -0.320. The van der Waals surface area contributed by atoms with Crippen molar-refractivity contribution in [1.82, 2.24) is 10.2 Å². The van der Waals surface area contributed by atoms with E-state index in [1.807, 2.05) is 32.7 Å². The molecule has 102 valence electrons. The molecule has 0 aromatic carbocycles. The highest BCUT2D eigenvalue weighted by molar-refractivity contribution is 5.85.